The zero-order valence-corrected chi connectivity index (χ0v) is 28.2. The summed E-state index contributed by atoms with van der Waals surface area (Å²) >= 11 is 0. The number of methoxy groups -OCH3 is 2. The summed E-state index contributed by atoms with van der Waals surface area (Å²) in [6.07, 6.45) is 11.3. The third-order valence-corrected chi connectivity index (χ3v) is 9.56. The molecule has 1 aliphatic rings. The van der Waals surface area contributed by atoms with Gasteiger partial charge < -0.3 is 14.4 Å². The van der Waals surface area contributed by atoms with Crippen molar-refractivity contribution in [1.82, 2.24) is 0 Å². The number of anilines is 1. The van der Waals surface area contributed by atoms with Crippen LogP contribution in [0.5, 0.6) is 11.5 Å². The monoisotopic (exact) mass is 605 g/mol. The fourth-order valence-electron chi connectivity index (χ4n) is 6.85. The Bertz CT molecular complexity index is 1480. The van der Waals surface area contributed by atoms with Crippen molar-refractivity contribution in [3.8, 4) is 11.5 Å². The largest absolute Gasteiger partial charge is 0.496 e. The molecule has 1 saturated carbocycles. The van der Waals surface area contributed by atoms with Gasteiger partial charge >= 0.3 is 0 Å². The Morgan fingerprint density at radius 3 is 2.20 bits per heavy atom. The lowest BCUT2D eigenvalue weighted by molar-refractivity contribution is 0.104. The summed E-state index contributed by atoms with van der Waals surface area (Å²) in [7, 11) is 3.43. The van der Waals surface area contributed by atoms with Crippen LogP contribution in [0.2, 0.25) is 0 Å². The first-order chi connectivity index (χ1) is 21.9. The number of ketones is 1. The molecule has 0 amide bonds. The minimum Gasteiger partial charge on any atom is -0.496 e. The van der Waals surface area contributed by atoms with Crippen molar-refractivity contribution in [1.29, 1.82) is 0 Å². The van der Waals surface area contributed by atoms with Crippen molar-refractivity contribution >= 4 is 11.5 Å². The van der Waals surface area contributed by atoms with E-state index in [1.54, 1.807) is 20.3 Å². The number of benzene rings is 3. The zero-order chi connectivity index (χ0) is 32.3. The van der Waals surface area contributed by atoms with Crippen LogP contribution in [-0.2, 0) is 13.0 Å². The quantitative estimate of drug-likeness (QED) is 0.104. The Hall–Kier alpha value is -4.01. The lowest BCUT2D eigenvalue weighted by atomic mass is 9.71. The second-order valence-electron chi connectivity index (χ2n) is 12.2. The molecule has 0 saturated heterocycles. The van der Waals surface area contributed by atoms with Crippen LogP contribution < -0.4 is 14.4 Å². The summed E-state index contributed by atoms with van der Waals surface area (Å²) in [5.74, 6) is 2.92. The van der Waals surface area contributed by atoms with Gasteiger partial charge in [-0.05, 0) is 91.5 Å². The number of carbonyl (C=O) groups excluding carboxylic acids is 1. The average Bonchev–Trinajstić information content (AvgIpc) is 3.09. The van der Waals surface area contributed by atoms with E-state index >= 15 is 0 Å². The first-order valence-corrected chi connectivity index (χ1v) is 16.7. The third kappa shape index (κ3) is 7.99. The van der Waals surface area contributed by atoms with E-state index in [9.17, 15) is 4.79 Å². The van der Waals surface area contributed by atoms with Crippen LogP contribution in [0.15, 0.2) is 90.8 Å². The van der Waals surface area contributed by atoms with E-state index < -0.39 is 0 Å². The summed E-state index contributed by atoms with van der Waals surface area (Å²) in [6, 6.07) is 21.2. The Morgan fingerprint density at radius 1 is 0.978 bits per heavy atom. The van der Waals surface area contributed by atoms with Crippen LogP contribution in [0.4, 0.5) is 5.69 Å². The van der Waals surface area contributed by atoms with Crippen molar-refractivity contribution in [2.75, 3.05) is 19.1 Å². The maximum absolute atomic E-state index is 13.4. The Balaban J connectivity index is 1.92. The average molecular weight is 606 g/mol. The third-order valence-electron chi connectivity index (χ3n) is 9.56. The van der Waals surface area contributed by atoms with E-state index in [4.69, 9.17) is 9.47 Å². The van der Waals surface area contributed by atoms with Gasteiger partial charge in [0.2, 0.25) is 0 Å². The predicted octanol–water partition coefficient (Wildman–Crippen LogP) is 10.4. The molecule has 0 spiro atoms. The molecular weight excluding hydrogens is 554 g/mol. The van der Waals surface area contributed by atoms with Gasteiger partial charge in [-0.2, -0.15) is 0 Å². The van der Waals surface area contributed by atoms with Gasteiger partial charge in [-0.1, -0.05) is 89.1 Å². The van der Waals surface area contributed by atoms with Crippen LogP contribution in [0, 0.1) is 18.8 Å². The predicted molar refractivity (Wildman–Crippen MR) is 188 cm³/mol. The lowest BCUT2D eigenvalue weighted by Crippen LogP contribution is -2.31. The highest BCUT2D eigenvalue weighted by Gasteiger charge is 2.34. The topological polar surface area (TPSA) is 38.8 Å². The second kappa shape index (κ2) is 16.3. The van der Waals surface area contributed by atoms with E-state index in [0.29, 0.717) is 18.0 Å². The van der Waals surface area contributed by atoms with E-state index in [1.807, 2.05) is 26.0 Å². The number of hydrogen-bond donors (Lipinski definition) is 0. The summed E-state index contributed by atoms with van der Waals surface area (Å²) < 4.78 is 12.0. The van der Waals surface area contributed by atoms with Gasteiger partial charge in [0.1, 0.15) is 11.5 Å². The molecule has 0 aliphatic heterocycles. The smallest absolute Gasteiger partial charge is 0.185 e. The molecule has 0 aromatic heterocycles. The van der Waals surface area contributed by atoms with E-state index in [1.165, 1.54) is 24.8 Å². The molecule has 45 heavy (non-hydrogen) atoms. The normalized spacial score (nSPS) is 17.0. The first kappa shape index (κ1) is 33.9. The highest BCUT2D eigenvalue weighted by molar-refractivity contribution is 6.06. The molecule has 4 heteroatoms. The standard InChI is InChI=1S/C41H51NO3/c1-8-12-18-38(43)35-27-34(24-19-29(35)5)42(28-36-39(44-6)25-31(10-3)26-40(36)45-7)37(11-4)41(32-16-14-13-15-17-32)33-22-20-30(9-2)21-23-33/h12-19,24-27,30,33,41H,4,8-10,20-23,28H2,1-3,5-7H3/b18-12-. The molecule has 3 aromatic rings. The Morgan fingerprint density at radius 2 is 1.64 bits per heavy atom. The number of allylic oxidation sites excluding steroid dienone is 3. The van der Waals surface area contributed by atoms with Crippen molar-refractivity contribution in [3.63, 3.8) is 0 Å². The number of rotatable bonds is 14. The number of nitrogens with zero attached hydrogens (tertiary/aromatic N) is 1. The molecule has 4 rings (SSSR count). The fraction of sp³-hybridized carbons (Fsp3) is 0.415. The van der Waals surface area contributed by atoms with Gasteiger partial charge in [0.05, 0.1) is 32.0 Å². The van der Waals surface area contributed by atoms with Crippen LogP contribution in [0.3, 0.4) is 0 Å². The van der Waals surface area contributed by atoms with Gasteiger partial charge in [0.25, 0.3) is 0 Å². The number of carbonyl (C=O) groups is 1. The molecule has 1 aliphatic carbocycles. The molecule has 1 atom stereocenters. The maximum Gasteiger partial charge on any atom is 0.185 e. The highest BCUT2D eigenvalue weighted by Crippen LogP contribution is 2.45. The minimum absolute atomic E-state index is 0.0141. The Labute approximate surface area is 271 Å². The first-order valence-electron chi connectivity index (χ1n) is 16.7. The molecule has 4 nitrogen and oxygen atoms in total. The second-order valence-corrected chi connectivity index (χ2v) is 12.2. The van der Waals surface area contributed by atoms with Gasteiger partial charge in [-0.25, -0.2) is 0 Å². The van der Waals surface area contributed by atoms with E-state index in [-0.39, 0.29) is 11.7 Å². The van der Waals surface area contributed by atoms with Crippen molar-refractivity contribution in [3.05, 3.63) is 119 Å². The Kier molecular flexibility index (Phi) is 12.3. The van der Waals surface area contributed by atoms with Gasteiger partial charge in [0.15, 0.2) is 5.78 Å². The summed E-state index contributed by atoms with van der Waals surface area (Å²) in [5, 5.41) is 0. The summed E-state index contributed by atoms with van der Waals surface area (Å²) in [5.41, 5.74) is 10.4. The van der Waals surface area contributed by atoms with Gasteiger partial charge in [0, 0.05) is 17.2 Å². The molecule has 0 heterocycles. The highest BCUT2D eigenvalue weighted by atomic mass is 16.5. The number of aryl methyl sites for hydroxylation is 2. The molecule has 0 bridgehead atoms. The van der Waals surface area contributed by atoms with Crippen LogP contribution >= 0.6 is 0 Å². The van der Waals surface area contributed by atoms with Crippen LogP contribution in [0.1, 0.15) is 97.8 Å². The zero-order valence-electron chi connectivity index (χ0n) is 28.2. The SMILES string of the molecule is C=C=C(C(c1ccccc1)C1CCC(CC)CC1)N(Cc1c(OC)cc(CC)cc1OC)c1ccc(C)c(C(=O)/C=C\CC)c1. The van der Waals surface area contributed by atoms with Crippen molar-refractivity contribution < 1.29 is 14.3 Å². The lowest BCUT2D eigenvalue weighted by Gasteiger charge is -2.39. The molecule has 1 fully saturated rings. The van der Waals surface area contributed by atoms with Crippen molar-refractivity contribution in [2.45, 2.75) is 85.1 Å². The molecule has 0 radical (unpaired) electrons. The molecule has 238 valence electrons. The molecule has 3 aromatic carbocycles. The number of ether oxygens (including phenoxy) is 2. The molecule has 1 unspecified atom stereocenters. The minimum atomic E-state index is 0.0141. The number of hydrogen-bond acceptors (Lipinski definition) is 4. The summed E-state index contributed by atoms with van der Waals surface area (Å²) in [6.45, 7) is 13.3. The van der Waals surface area contributed by atoms with Gasteiger partial charge in [-0.3, -0.25) is 4.79 Å². The van der Waals surface area contributed by atoms with Crippen LogP contribution in [0.25, 0.3) is 0 Å². The maximum atomic E-state index is 13.4. The fourth-order valence-corrected chi connectivity index (χ4v) is 6.85. The van der Waals surface area contributed by atoms with Crippen molar-refractivity contribution in [2.24, 2.45) is 11.8 Å². The van der Waals surface area contributed by atoms with E-state index in [2.05, 4.69) is 85.7 Å². The van der Waals surface area contributed by atoms with Crippen LogP contribution in [-0.4, -0.2) is 20.0 Å². The molecular formula is C41H51NO3. The molecule has 0 N–H and O–H groups in total. The van der Waals surface area contributed by atoms with E-state index in [0.717, 1.165) is 71.2 Å². The van der Waals surface area contributed by atoms with Gasteiger partial charge in [-0.15, -0.1) is 5.73 Å². The summed E-state index contributed by atoms with van der Waals surface area (Å²) in [4.78, 5) is 15.6.